The smallest absolute Gasteiger partial charge is 0.316 e. The minimum atomic E-state index is -0.568. The Hall–Kier alpha value is -2.29. The van der Waals surface area contributed by atoms with Crippen LogP contribution in [-0.4, -0.2) is 11.1 Å². The van der Waals surface area contributed by atoms with Crippen molar-refractivity contribution in [2.24, 2.45) is 5.41 Å². The van der Waals surface area contributed by atoms with Gasteiger partial charge in [0, 0.05) is 6.07 Å². The van der Waals surface area contributed by atoms with Crippen LogP contribution in [0.25, 0.3) is 0 Å². The number of rotatable bonds is 4. The van der Waals surface area contributed by atoms with Crippen molar-refractivity contribution in [1.29, 1.82) is 0 Å². The van der Waals surface area contributed by atoms with Crippen LogP contribution in [0.4, 0.5) is 0 Å². The Bertz CT molecular complexity index is 639. The number of phenolic OH excluding ortho intramolecular Hbond substituents is 1. The van der Waals surface area contributed by atoms with Gasteiger partial charge in [-0.3, -0.25) is 4.79 Å². The molecule has 2 aromatic rings. The lowest BCUT2D eigenvalue weighted by Gasteiger charge is -2.16. The van der Waals surface area contributed by atoms with E-state index in [2.05, 4.69) is 12.1 Å². The van der Waals surface area contributed by atoms with E-state index in [1.165, 1.54) is 11.6 Å². The van der Waals surface area contributed by atoms with Crippen molar-refractivity contribution in [2.75, 3.05) is 0 Å². The molecule has 0 saturated heterocycles. The highest BCUT2D eigenvalue weighted by atomic mass is 16.5. The molecule has 22 heavy (non-hydrogen) atoms. The highest BCUT2D eigenvalue weighted by molar-refractivity contribution is 5.78. The van der Waals surface area contributed by atoms with Crippen molar-refractivity contribution < 1.29 is 14.6 Å². The lowest BCUT2D eigenvalue weighted by Crippen LogP contribution is -2.25. The summed E-state index contributed by atoms with van der Waals surface area (Å²) >= 11 is 0. The standard InChI is InChI=1S/C19H22O3/c1-19(2,3)18(21)22-16-12-11-15(17(20)13-16)10-9-14-7-5-4-6-8-14/h4-8,11-13,20H,9-10H2,1-3H3. The van der Waals surface area contributed by atoms with Gasteiger partial charge in [-0.15, -0.1) is 0 Å². The fraction of sp³-hybridized carbons (Fsp3) is 0.316. The molecule has 0 bridgehead atoms. The third-order valence-electron chi connectivity index (χ3n) is 3.41. The van der Waals surface area contributed by atoms with Crippen LogP contribution in [0.5, 0.6) is 11.5 Å². The number of carbonyl (C=O) groups excluding carboxylic acids is 1. The quantitative estimate of drug-likeness (QED) is 0.682. The van der Waals surface area contributed by atoms with Crippen molar-refractivity contribution in [2.45, 2.75) is 33.6 Å². The molecule has 0 fully saturated rings. The average molecular weight is 298 g/mol. The summed E-state index contributed by atoms with van der Waals surface area (Å²) in [5.41, 5.74) is 1.51. The van der Waals surface area contributed by atoms with Gasteiger partial charge in [0.05, 0.1) is 5.41 Å². The van der Waals surface area contributed by atoms with Crippen molar-refractivity contribution in [3.63, 3.8) is 0 Å². The van der Waals surface area contributed by atoms with Crippen LogP contribution < -0.4 is 4.74 Å². The Labute approximate surface area is 131 Å². The Morgan fingerprint density at radius 1 is 1.05 bits per heavy atom. The largest absolute Gasteiger partial charge is 0.508 e. The van der Waals surface area contributed by atoms with E-state index in [9.17, 15) is 9.90 Å². The van der Waals surface area contributed by atoms with Gasteiger partial charge in [0.15, 0.2) is 0 Å². The third kappa shape index (κ3) is 4.35. The molecule has 0 atom stereocenters. The summed E-state index contributed by atoms with van der Waals surface area (Å²) in [5, 5.41) is 10.1. The zero-order valence-electron chi connectivity index (χ0n) is 13.3. The topological polar surface area (TPSA) is 46.5 Å². The van der Waals surface area contributed by atoms with Crippen molar-refractivity contribution in [3.05, 3.63) is 59.7 Å². The van der Waals surface area contributed by atoms with E-state index in [-0.39, 0.29) is 11.7 Å². The highest BCUT2D eigenvalue weighted by Crippen LogP contribution is 2.27. The minimum Gasteiger partial charge on any atom is -0.508 e. The minimum absolute atomic E-state index is 0.162. The molecular formula is C19H22O3. The number of aryl methyl sites for hydroxylation is 2. The lowest BCUT2D eigenvalue weighted by atomic mass is 9.97. The summed E-state index contributed by atoms with van der Waals surface area (Å²) in [4.78, 5) is 11.8. The van der Waals surface area contributed by atoms with Crippen molar-refractivity contribution >= 4 is 5.97 Å². The van der Waals surface area contributed by atoms with Gasteiger partial charge in [-0.25, -0.2) is 0 Å². The molecule has 0 aliphatic rings. The maximum Gasteiger partial charge on any atom is 0.316 e. The Morgan fingerprint density at radius 3 is 2.32 bits per heavy atom. The fourth-order valence-electron chi connectivity index (χ4n) is 2.00. The fourth-order valence-corrected chi connectivity index (χ4v) is 2.00. The van der Waals surface area contributed by atoms with E-state index >= 15 is 0 Å². The molecule has 0 aliphatic heterocycles. The predicted molar refractivity (Wildman–Crippen MR) is 87.0 cm³/mol. The molecule has 3 heteroatoms. The van der Waals surface area contributed by atoms with Crippen LogP contribution in [0.3, 0.4) is 0 Å². The molecular weight excluding hydrogens is 276 g/mol. The summed E-state index contributed by atoms with van der Waals surface area (Å²) in [6.45, 7) is 5.39. The molecule has 1 N–H and O–H groups in total. The van der Waals surface area contributed by atoms with E-state index < -0.39 is 5.41 Å². The molecule has 3 nitrogen and oxygen atoms in total. The molecule has 0 spiro atoms. The van der Waals surface area contributed by atoms with Crippen molar-refractivity contribution in [3.8, 4) is 11.5 Å². The van der Waals surface area contributed by atoms with E-state index in [4.69, 9.17) is 4.74 Å². The number of ether oxygens (including phenoxy) is 1. The number of hydrogen-bond acceptors (Lipinski definition) is 3. The van der Waals surface area contributed by atoms with E-state index in [1.54, 1.807) is 26.8 Å². The summed E-state index contributed by atoms with van der Waals surface area (Å²) in [7, 11) is 0. The van der Waals surface area contributed by atoms with Crippen LogP contribution in [0, 0.1) is 5.41 Å². The maximum absolute atomic E-state index is 11.8. The average Bonchev–Trinajstić information content (AvgIpc) is 2.46. The number of benzene rings is 2. The number of aromatic hydroxyl groups is 1. The Balaban J connectivity index is 2.02. The maximum atomic E-state index is 11.8. The van der Waals surface area contributed by atoms with E-state index in [0.29, 0.717) is 5.75 Å². The lowest BCUT2D eigenvalue weighted by molar-refractivity contribution is -0.142. The zero-order valence-corrected chi connectivity index (χ0v) is 13.3. The monoisotopic (exact) mass is 298 g/mol. The second kappa shape index (κ2) is 6.65. The Kier molecular flexibility index (Phi) is 4.86. The van der Waals surface area contributed by atoms with Crippen LogP contribution in [-0.2, 0) is 17.6 Å². The molecule has 0 unspecified atom stereocenters. The molecule has 2 rings (SSSR count). The molecule has 0 saturated carbocycles. The molecule has 0 heterocycles. The second-order valence-electron chi connectivity index (χ2n) is 6.42. The van der Waals surface area contributed by atoms with Crippen LogP contribution in [0.15, 0.2) is 48.5 Å². The van der Waals surface area contributed by atoms with E-state index in [1.807, 2.05) is 24.3 Å². The molecule has 0 radical (unpaired) electrons. The normalized spacial score (nSPS) is 11.2. The van der Waals surface area contributed by atoms with Crippen LogP contribution >= 0.6 is 0 Å². The van der Waals surface area contributed by atoms with Gasteiger partial charge in [0.2, 0.25) is 0 Å². The summed E-state index contributed by atoms with van der Waals surface area (Å²) in [6, 6.07) is 15.2. The van der Waals surface area contributed by atoms with Gasteiger partial charge < -0.3 is 9.84 Å². The van der Waals surface area contributed by atoms with Gasteiger partial charge >= 0.3 is 5.97 Å². The first-order valence-electron chi connectivity index (χ1n) is 7.44. The number of esters is 1. The van der Waals surface area contributed by atoms with Gasteiger partial charge in [-0.2, -0.15) is 0 Å². The third-order valence-corrected chi connectivity index (χ3v) is 3.41. The van der Waals surface area contributed by atoms with Gasteiger partial charge in [-0.1, -0.05) is 36.4 Å². The summed E-state index contributed by atoms with van der Waals surface area (Å²) in [5.74, 6) is 0.222. The summed E-state index contributed by atoms with van der Waals surface area (Å²) in [6.07, 6.45) is 1.60. The molecule has 0 aliphatic carbocycles. The number of phenols is 1. The summed E-state index contributed by atoms with van der Waals surface area (Å²) < 4.78 is 5.28. The molecule has 116 valence electrons. The van der Waals surface area contributed by atoms with Crippen molar-refractivity contribution in [1.82, 2.24) is 0 Å². The SMILES string of the molecule is CC(C)(C)C(=O)Oc1ccc(CCc2ccccc2)c(O)c1. The Morgan fingerprint density at radius 2 is 1.73 bits per heavy atom. The van der Waals surface area contributed by atoms with Crippen LogP contribution in [0.1, 0.15) is 31.9 Å². The first-order valence-corrected chi connectivity index (χ1v) is 7.44. The van der Waals surface area contributed by atoms with Gasteiger partial charge in [-0.05, 0) is 50.8 Å². The number of hydrogen-bond donors (Lipinski definition) is 1. The second-order valence-corrected chi connectivity index (χ2v) is 6.42. The zero-order chi connectivity index (χ0) is 16.2. The molecule has 0 aromatic heterocycles. The van der Waals surface area contributed by atoms with Gasteiger partial charge in [0.1, 0.15) is 11.5 Å². The number of carbonyl (C=O) groups is 1. The molecule has 0 amide bonds. The highest BCUT2D eigenvalue weighted by Gasteiger charge is 2.23. The van der Waals surface area contributed by atoms with E-state index in [0.717, 1.165) is 18.4 Å². The first kappa shape index (κ1) is 16.1. The first-order chi connectivity index (χ1) is 10.4. The van der Waals surface area contributed by atoms with Gasteiger partial charge in [0.25, 0.3) is 0 Å². The molecule has 2 aromatic carbocycles. The van der Waals surface area contributed by atoms with Crippen LogP contribution in [0.2, 0.25) is 0 Å². The predicted octanol–water partition coefficient (Wildman–Crippen LogP) is 4.13.